The second-order valence-corrected chi connectivity index (χ2v) is 6.63. The molecular formula is C13H25BrN4S. The third-order valence-electron chi connectivity index (χ3n) is 2.90. The van der Waals surface area contributed by atoms with Gasteiger partial charge < -0.3 is 10.2 Å². The summed E-state index contributed by atoms with van der Waals surface area (Å²) in [6, 6.07) is 0.356. The van der Waals surface area contributed by atoms with Gasteiger partial charge in [0.05, 0.1) is 29.0 Å². The van der Waals surface area contributed by atoms with Crippen molar-refractivity contribution in [2.75, 3.05) is 39.2 Å². The smallest absolute Gasteiger partial charge is 0.0704 e. The number of hydrogen-bond donors (Lipinski definition) is 1. The lowest BCUT2D eigenvalue weighted by molar-refractivity contribution is 0.364. The maximum absolute atomic E-state index is 4.49. The molecule has 1 heterocycles. The zero-order valence-electron chi connectivity index (χ0n) is 12.3. The number of halogens is 1. The largest absolute Gasteiger partial charge is 0.308 e. The Bertz CT molecular complexity index is 368. The Morgan fingerprint density at radius 2 is 2.26 bits per heavy atom. The first kappa shape index (κ1) is 17.0. The van der Waals surface area contributed by atoms with E-state index in [1.54, 1.807) is 0 Å². The number of nitrogens with zero attached hydrogens (tertiary/aromatic N) is 3. The van der Waals surface area contributed by atoms with E-state index in [0.29, 0.717) is 6.04 Å². The van der Waals surface area contributed by atoms with E-state index in [0.717, 1.165) is 36.3 Å². The molecule has 6 heteroatoms. The lowest BCUT2D eigenvalue weighted by Crippen LogP contribution is -2.28. The third-order valence-corrected chi connectivity index (χ3v) is 4.17. The Kier molecular flexibility index (Phi) is 8.06. The summed E-state index contributed by atoms with van der Waals surface area (Å²) in [6.07, 6.45) is 5.20. The van der Waals surface area contributed by atoms with E-state index < -0.39 is 0 Å². The molecule has 0 fully saturated rings. The molecule has 0 aromatic carbocycles. The summed E-state index contributed by atoms with van der Waals surface area (Å²) >= 11 is 5.51. The standard InChI is InChI=1S/C13H25BrN4S/c1-5-6-15-12(10-19-4)13-11(14)9-16-18(13)8-7-17(2)3/h9,12,15H,5-8,10H2,1-4H3. The highest BCUT2D eigenvalue weighted by molar-refractivity contribution is 9.10. The fraction of sp³-hybridized carbons (Fsp3) is 0.769. The van der Waals surface area contributed by atoms with Gasteiger partial charge in [-0.3, -0.25) is 4.68 Å². The second kappa shape index (κ2) is 9.00. The van der Waals surface area contributed by atoms with Crippen LogP contribution in [0.1, 0.15) is 25.1 Å². The monoisotopic (exact) mass is 348 g/mol. The lowest BCUT2D eigenvalue weighted by atomic mass is 10.2. The normalized spacial score (nSPS) is 13.2. The van der Waals surface area contributed by atoms with Crippen LogP contribution < -0.4 is 5.32 Å². The maximum atomic E-state index is 4.49. The van der Waals surface area contributed by atoms with Crippen molar-refractivity contribution in [3.8, 4) is 0 Å². The molecule has 1 aromatic rings. The van der Waals surface area contributed by atoms with Crippen LogP contribution in [-0.4, -0.2) is 53.9 Å². The summed E-state index contributed by atoms with van der Waals surface area (Å²) in [4.78, 5) is 2.18. The number of nitrogens with one attached hydrogen (secondary N) is 1. The number of rotatable bonds is 9. The van der Waals surface area contributed by atoms with E-state index in [2.05, 4.69) is 63.2 Å². The molecule has 1 rings (SSSR count). The van der Waals surface area contributed by atoms with E-state index in [9.17, 15) is 0 Å². The van der Waals surface area contributed by atoms with Crippen molar-refractivity contribution in [1.29, 1.82) is 0 Å². The van der Waals surface area contributed by atoms with Crippen LogP contribution in [0.15, 0.2) is 10.7 Å². The quantitative estimate of drug-likeness (QED) is 0.743. The highest BCUT2D eigenvalue weighted by atomic mass is 79.9. The van der Waals surface area contributed by atoms with Crippen LogP contribution in [0.2, 0.25) is 0 Å². The van der Waals surface area contributed by atoms with E-state index >= 15 is 0 Å². The van der Waals surface area contributed by atoms with Gasteiger partial charge in [-0.25, -0.2) is 0 Å². The van der Waals surface area contributed by atoms with Crippen LogP contribution in [0.3, 0.4) is 0 Å². The van der Waals surface area contributed by atoms with Crippen LogP contribution in [0.4, 0.5) is 0 Å². The highest BCUT2D eigenvalue weighted by Crippen LogP contribution is 2.25. The van der Waals surface area contributed by atoms with E-state index in [1.807, 2.05) is 18.0 Å². The van der Waals surface area contributed by atoms with Crippen molar-refractivity contribution >= 4 is 27.7 Å². The lowest BCUT2D eigenvalue weighted by Gasteiger charge is -2.20. The van der Waals surface area contributed by atoms with Crippen molar-refractivity contribution < 1.29 is 0 Å². The molecule has 19 heavy (non-hydrogen) atoms. The number of hydrogen-bond acceptors (Lipinski definition) is 4. The van der Waals surface area contributed by atoms with Crippen LogP contribution in [0, 0.1) is 0 Å². The van der Waals surface area contributed by atoms with Crippen molar-refractivity contribution in [3.05, 3.63) is 16.4 Å². The van der Waals surface area contributed by atoms with E-state index in [-0.39, 0.29) is 0 Å². The number of aromatic nitrogens is 2. The molecule has 4 nitrogen and oxygen atoms in total. The molecule has 0 amide bonds. The minimum Gasteiger partial charge on any atom is -0.308 e. The summed E-state index contributed by atoms with van der Waals surface area (Å²) in [5, 5.41) is 8.11. The molecule has 1 N–H and O–H groups in total. The molecular weight excluding hydrogens is 324 g/mol. The summed E-state index contributed by atoms with van der Waals surface area (Å²) in [6.45, 7) is 5.16. The summed E-state index contributed by atoms with van der Waals surface area (Å²) in [5.74, 6) is 1.06. The first-order chi connectivity index (χ1) is 9.10. The summed E-state index contributed by atoms with van der Waals surface area (Å²) < 4.78 is 3.22. The zero-order chi connectivity index (χ0) is 14.3. The predicted molar refractivity (Wildman–Crippen MR) is 87.9 cm³/mol. The fourth-order valence-electron chi connectivity index (χ4n) is 1.91. The fourth-order valence-corrected chi connectivity index (χ4v) is 3.09. The Hall–Kier alpha value is -0.0400. The first-order valence-corrected chi connectivity index (χ1v) is 8.87. The zero-order valence-corrected chi connectivity index (χ0v) is 14.7. The molecule has 0 saturated heterocycles. The van der Waals surface area contributed by atoms with Crippen molar-refractivity contribution in [2.24, 2.45) is 0 Å². The predicted octanol–water partition coefficient (Wildman–Crippen LogP) is 2.61. The van der Waals surface area contributed by atoms with Gasteiger partial charge in [0, 0.05) is 12.3 Å². The molecule has 0 aliphatic carbocycles. The van der Waals surface area contributed by atoms with Crippen molar-refractivity contribution in [3.63, 3.8) is 0 Å². The van der Waals surface area contributed by atoms with Crippen molar-refractivity contribution in [1.82, 2.24) is 20.0 Å². The van der Waals surface area contributed by atoms with Gasteiger partial charge in [0.2, 0.25) is 0 Å². The van der Waals surface area contributed by atoms with Gasteiger partial charge in [0.25, 0.3) is 0 Å². The summed E-state index contributed by atoms with van der Waals surface area (Å²) in [7, 11) is 4.18. The minimum absolute atomic E-state index is 0.356. The molecule has 110 valence electrons. The van der Waals surface area contributed by atoms with Gasteiger partial charge in [0.1, 0.15) is 0 Å². The van der Waals surface area contributed by atoms with Gasteiger partial charge in [0.15, 0.2) is 0 Å². The van der Waals surface area contributed by atoms with Crippen LogP contribution >= 0.6 is 27.7 Å². The molecule has 0 saturated carbocycles. The first-order valence-electron chi connectivity index (χ1n) is 6.68. The molecule has 1 atom stereocenters. The van der Waals surface area contributed by atoms with Gasteiger partial charge in [-0.1, -0.05) is 6.92 Å². The van der Waals surface area contributed by atoms with Gasteiger partial charge in [-0.15, -0.1) is 0 Å². The minimum atomic E-state index is 0.356. The van der Waals surface area contributed by atoms with Crippen LogP contribution in [0.5, 0.6) is 0 Å². The third kappa shape index (κ3) is 5.45. The summed E-state index contributed by atoms with van der Waals surface area (Å²) in [5.41, 5.74) is 1.27. The van der Waals surface area contributed by atoms with Gasteiger partial charge in [-0.2, -0.15) is 16.9 Å². The molecule has 1 aromatic heterocycles. The average Bonchev–Trinajstić information content (AvgIpc) is 2.73. The van der Waals surface area contributed by atoms with Gasteiger partial charge >= 0.3 is 0 Å². The van der Waals surface area contributed by atoms with Crippen LogP contribution in [0.25, 0.3) is 0 Å². The van der Waals surface area contributed by atoms with Crippen LogP contribution in [-0.2, 0) is 6.54 Å². The molecule has 1 unspecified atom stereocenters. The molecule has 0 radical (unpaired) electrons. The highest BCUT2D eigenvalue weighted by Gasteiger charge is 2.19. The molecule has 0 aliphatic heterocycles. The van der Waals surface area contributed by atoms with Gasteiger partial charge in [-0.05, 0) is 49.2 Å². The second-order valence-electron chi connectivity index (χ2n) is 4.87. The van der Waals surface area contributed by atoms with E-state index in [4.69, 9.17) is 0 Å². The maximum Gasteiger partial charge on any atom is 0.0704 e. The Balaban J connectivity index is 2.83. The number of likely N-dealkylation sites (N-methyl/N-ethyl adjacent to an activating group) is 1. The Morgan fingerprint density at radius 1 is 1.53 bits per heavy atom. The molecule has 0 bridgehead atoms. The Morgan fingerprint density at radius 3 is 2.84 bits per heavy atom. The average molecular weight is 349 g/mol. The Labute approximate surface area is 129 Å². The number of thioether (sulfide) groups is 1. The van der Waals surface area contributed by atoms with E-state index in [1.165, 1.54) is 5.69 Å². The SMILES string of the molecule is CCCNC(CSC)c1c(Br)cnn1CCN(C)C. The molecule has 0 spiro atoms. The van der Waals surface area contributed by atoms with Crippen molar-refractivity contribution in [2.45, 2.75) is 25.9 Å². The topological polar surface area (TPSA) is 33.1 Å². The molecule has 0 aliphatic rings.